The van der Waals surface area contributed by atoms with E-state index in [1.165, 1.54) is 0 Å². The first kappa shape index (κ1) is 20.6. The Hall–Kier alpha value is -4.11. The van der Waals surface area contributed by atoms with Gasteiger partial charge in [0, 0.05) is 0 Å². The van der Waals surface area contributed by atoms with Gasteiger partial charge in [-0.15, -0.1) is 0 Å². The van der Waals surface area contributed by atoms with E-state index in [4.69, 9.17) is 9.47 Å². The molecule has 6 nitrogen and oxygen atoms in total. The molecule has 0 aliphatic carbocycles. The predicted octanol–water partition coefficient (Wildman–Crippen LogP) is 3.46. The van der Waals surface area contributed by atoms with E-state index in [1.807, 2.05) is 48.5 Å². The van der Waals surface area contributed by atoms with Crippen LogP contribution in [0.25, 0.3) is 11.1 Å². The van der Waals surface area contributed by atoms with Gasteiger partial charge in [-0.1, -0.05) is 60.7 Å². The van der Waals surface area contributed by atoms with Crippen LogP contribution in [0.5, 0.6) is 5.75 Å². The van der Waals surface area contributed by atoms with E-state index in [0.29, 0.717) is 11.3 Å². The van der Waals surface area contributed by atoms with Gasteiger partial charge >= 0.3 is 5.97 Å². The molecule has 0 saturated carbocycles. The highest BCUT2D eigenvalue weighted by Gasteiger charge is 2.09. The lowest BCUT2D eigenvalue weighted by atomic mass is 9.99. The molecule has 0 radical (unpaired) electrons. The van der Waals surface area contributed by atoms with Crippen molar-refractivity contribution in [3.8, 4) is 22.9 Å². The Bertz CT molecular complexity index is 1040. The molecule has 0 fully saturated rings. The molecule has 3 aromatic carbocycles. The van der Waals surface area contributed by atoms with Crippen molar-refractivity contribution >= 4 is 11.9 Å². The van der Waals surface area contributed by atoms with Gasteiger partial charge in [0.1, 0.15) is 18.9 Å². The van der Waals surface area contributed by atoms with Crippen molar-refractivity contribution in [2.45, 2.75) is 6.61 Å². The van der Waals surface area contributed by atoms with E-state index in [2.05, 4.69) is 11.4 Å². The Kier molecular flexibility index (Phi) is 7.17. The van der Waals surface area contributed by atoms with Crippen molar-refractivity contribution in [3.63, 3.8) is 0 Å². The van der Waals surface area contributed by atoms with E-state index in [0.717, 1.165) is 16.7 Å². The Labute approximate surface area is 174 Å². The molecule has 6 heteroatoms. The molecule has 30 heavy (non-hydrogen) atoms. The van der Waals surface area contributed by atoms with Crippen LogP contribution in [0.2, 0.25) is 0 Å². The molecule has 0 bridgehead atoms. The molecule has 0 unspecified atom stereocenters. The minimum atomic E-state index is -0.540. The average molecular weight is 400 g/mol. The molecule has 3 aromatic rings. The van der Waals surface area contributed by atoms with E-state index in [9.17, 15) is 14.9 Å². The molecule has 1 amide bonds. The summed E-state index contributed by atoms with van der Waals surface area (Å²) >= 11 is 0. The summed E-state index contributed by atoms with van der Waals surface area (Å²) < 4.78 is 10.5. The first-order chi connectivity index (χ1) is 14.7. The number of benzene rings is 3. The molecule has 0 spiro atoms. The van der Waals surface area contributed by atoms with Crippen LogP contribution in [0.3, 0.4) is 0 Å². The smallest absolute Gasteiger partial charge is 0.325 e. The van der Waals surface area contributed by atoms with Crippen molar-refractivity contribution in [2.75, 3.05) is 13.2 Å². The standard InChI is InChI=1S/C24H20N2O4/c25-14-20-6-4-5-9-22(20)19-12-10-18(11-13-19)16-30-24(28)15-26-23(27)17-29-21-7-2-1-3-8-21/h1-13H,15-17H2,(H,26,27). The summed E-state index contributed by atoms with van der Waals surface area (Å²) in [6.45, 7) is -0.317. The highest BCUT2D eigenvalue weighted by atomic mass is 16.5. The topological polar surface area (TPSA) is 88.4 Å². The predicted molar refractivity (Wildman–Crippen MR) is 111 cm³/mol. The van der Waals surface area contributed by atoms with Gasteiger partial charge in [-0.05, 0) is 34.9 Å². The molecule has 0 aliphatic heterocycles. The van der Waals surface area contributed by atoms with Gasteiger partial charge < -0.3 is 14.8 Å². The number of ether oxygens (including phenoxy) is 2. The van der Waals surface area contributed by atoms with Crippen LogP contribution in [0.15, 0.2) is 78.9 Å². The molecule has 0 atom stereocenters. The van der Waals surface area contributed by atoms with E-state index in [-0.39, 0.29) is 19.8 Å². The number of nitriles is 1. The summed E-state index contributed by atoms with van der Waals surface area (Å²) in [4.78, 5) is 23.6. The molecular formula is C24H20N2O4. The van der Waals surface area contributed by atoms with Crippen LogP contribution in [-0.2, 0) is 20.9 Å². The summed E-state index contributed by atoms with van der Waals surface area (Å²) in [5, 5.41) is 11.7. The Morgan fingerprint density at radius 3 is 2.33 bits per heavy atom. The first-order valence-electron chi connectivity index (χ1n) is 9.34. The Morgan fingerprint density at radius 1 is 0.900 bits per heavy atom. The van der Waals surface area contributed by atoms with Crippen molar-refractivity contribution in [2.24, 2.45) is 0 Å². The number of nitrogens with zero attached hydrogens (tertiary/aromatic N) is 1. The van der Waals surface area contributed by atoms with Gasteiger partial charge in [0.15, 0.2) is 6.61 Å². The summed E-state index contributed by atoms with van der Waals surface area (Å²) in [6.07, 6.45) is 0. The third-order valence-corrected chi connectivity index (χ3v) is 4.26. The quantitative estimate of drug-likeness (QED) is 0.585. The zero-order chi connectivity index (χ0) is 21.2. The van der Waals surface area contributed by atoms with Gasteiger partial charge in [-0.3, -0.25) is 9.59 Å². The molecule has 0 saturated heterocycles. The number of nitrogens with one attached hydrogen (secondary N) is 1. The SMILES string of the molecule is N#Cc1ccccc1-c1ccc(COC(=O)CNC(=O)COc2ccccc2)cc1. The van der Waals surface area contributed by atoms with Gasteiger partial charge in [0.2, 0.25) is 0 Å². The number of hydrogen-bond acceptors (Lipinski definition) is 5. The van der Waals surface area contributed by atoms with E-state index < -0.39 is 11.9 Å². The molecule has 0 heterocycles. The maximum absolute atomic E-state index is 11.9. The molecule has 1 N–H and O–H groups in total. The van der Waals surface area contributed by atoms with Crippen LogP contribution in [-0.4, -0.2) is 25.0 Å². The second-order valence-corrected chi connectivity index (χ2v) is 6.39. The Morgan fingerprint density at radius 2 is 1.60 bits per heavy atom. The molecular weight excluding hydrogens is 380 g/mol. The minimum Gasteiger partial charge on any atom is -0.484 e. The molecule has 150 valence electrons. The van der Waals surface area contributed by atoms with Crippen LogP contribution >= 0.6 is 0 Å². The Balaban J connectivity index is 1.42. The molecule has 3 rings (SSSR count). The highest BCUT2D eigenvalue weighted by Crippen LogP contribution is 2.23. The summed E-state index contributed by atoms with van der Waals surface area (Å²) in [6, 6.07) is 25.9. The van der Waals surface area contributed by atoms with Crippen molar-refractivity contribution in [3.05, 3.63) is 90.0 Å². The number of carbonyl (C=O) groups is 2. The zero-order valence-electron chi connectivity index (χ0n) is 16.2. The lowest BCUT2D eigenvalue weighted by Crippen LogP contribution is -2.34. The zero-order valence-corrected chi connectivity index (χ0v) is 16.2. The van der Waals surface area contributed by atoms with Crippen molar-refractivity contribution in [1.82, 2.24) is 5.32 Å². The monoisotopic (exact) mass is 400 g/mol. The average Bonchev–Trinajstić information content (AvgIpc) is 2.81. The van der Waals surface area contributed by atoms with Crippen LogP contribution < -0.4 is 10.1 Å². The van der Waals surface area contributed by atoms with Crippen LogP contribution in [0.4, 0.5) is 0 Å². The maximum atomic E-state index is 11.9. The fourth-order valence-corrected chi connectivity index (χ4v) is 2.72. The number of amides is 1. The van der Waals surface area contributed by atoms with Gasteiger partial charge in [-0.2, -0.15) is 5.26 Å². The second-order valence-electron chi connectivity index (χ2n) is 6.39. The summed E-state index contributed by atoms with van der Waals surface area (Å²) in [5.41, 5.74) is 3.17. The van der Waals surface area contributed by atoms with Gasteiger partial charge in [-0.25, -0.2) is 0 Å². The maximum Gasteiger partial charge on any atom is 0.325 e. The highest BCUT2D eigenvalue weighted by molar-refractivity contribution is 5.82. The molecule has 0 aromatic heterocycles. The lowest BCUT2D eigenvalue weighted by Gasteiger charge is -2.09. The normalized spacial score (nSPS) is 9.97. The largest absolute Gasteiger partial charge is 0.484 e. The lowest BCUT2D eigenvalue weighted by molar-refractivity contribution is -0.145. The first-order valence-corrected chi connectivity index (χ1v) is 9.34. The summed E-state index contributed by atoms with van der Waals surface area (Å²) in [5.74, 6) is -0.366. The van der Waals surface area contributed by atoms with E-state index >= 15 is 0 Å². The number of rotatable bonds is 8. The fraction of sp³-hybridized carbons (Fsp3) is 0.125. The fourth-order valence-electron chi connectivity index (χ4n) is 2.72. The van der Waals surface area contributed by atoms with E-state index in [1.54, 1.807) is 30.3 Å². The number of para-hydroxylation sites is 1. The van der Waals surface area contributed by atoms with Crippen molar-refractivity contribution < 1.29 is 19.1 Å². The second kappa shape index (κ2) is 10.4. The number of esters is 1. The summed E-state index contributed by atoms with van der Waals surface area (Å²) in [7, 11) is 0. The van der Waals surface area contributed by atoms with Crippen LogP contribution in [0, 0.1) is 11.3 Å². The van der Waals surface area contributed by atoms with Gasteiger partial charge in [0.25, 0.3) is 5.91 Å². The van der Waals surface area contributed by atoms with Crippen LogP contribution in [0.1, 0.15) is 11.1 Å². The number of carbonyl (C=O) groups excluding carboxylic acids is 2. The minimum absolute atomic E-state index is 0.0927. The van der Waals surface area contributed by atoms with Crippen molar-refractivity contribution in [1.29, 1.82) is 5.26 Å². The third kappa shape index (κ3) is 5.94. The third-order valence-electron chi connectivity index (χ3n) is 4.26. The van der Waals surface area contributed by atoms with Gasteiger partial charge in [0.05, 0.1) is 11.6 Å². The molecule has 0 aliphatic rings. The number of hydrogen-bond donors (Lipinski definition) is 1.